The Morgan fingerprint density at radius 3 is 2.33 bits per heavy atom. The Kier molecular flexibility index (Phi) is 5.82. The van der Waals surface area contributed by atoms with Gasteiger partial charge < -0.3 is 10.2 Å². The monoisotopic (exact) mass is 387 g/mol. The van der Waals surface area contributed by atoms with Gasteiger partial charge in [-0.25, -0.2) is 0 Å². The lowest BCUT2D eigenvalue weighted by Gasteiger charge is -2.44. The molecule has 1 heterocycles. The fourth-order valence-electron chi connectivity index (χ4n) is 3.92. The van der Waals surface area contributed by atoms with Gasteiger partial charge in [-0.2, -0.15) is 0 Å². The van der Waals surface area contributed by atoms with Crippen LogP contribution in [0.1, 0.15) is 30.4 Å². The van der Waals surface area contributed by atoms with E-state index in [0.717, 1.165) is 11.1 Å². The van der Waals surface area contributed by atoms with Crippen LogP contribution in [0.3, 0.4) is 0 Å². The molecule has 1 saturated heterocycles. The molecule has 0 aliphatic carbocycles. The molecule has 2 aromatic carbocycles. The number of hydrogen-bond donors (Lipinski definition) is 2. The van der Waals surface area contributed by atoms with E-state index in [2.05, 4.69) is 4.90 Å². The second kappa shape index (κ2) is 8.11. The number of likely N-dealkylation sites (tertiary alicyclic amines) is 1. The second-order valence-corrected chi connectivity index (χ2v) is 7.49. The highest BCUT2D eigenvalue weighted by atomic mass is 35.5. The minimum Gasteiger partial charge on any atom is -0.481 e. The molecule has 3 rings (SSSR count). The summed E-state index contributed by atoms with van der Waals surface area (Å²) in [7, 11) is 0. The van der Waals surface area contributed by atoms with Crippen molar-refractivity contribution in [2.45, 2.75) is 37.3 Å². The van der Waals surface area contributed by atoms with Gasteiger partial charge in [-0.3, -0.25) is 14.5 Å². The van der Waals surface area contributed by atoms with Crippen LogP contribution in [0, 0.1) is 0 Å². The number of nitrogens with zero attached hydrogens (tertiary/aromatic N) is 1. The Morgan fingerprint density at radius 1 is 1.07 bits per heavy atom. The normalized spacial score (nSPS) is 23.1. The lowest BCUT2D eigenvalue weighted by Crippen LogP contribution is -2.52. The minimum atomic E-state index is -1.06. The Bertz CT molecular complexity index is 809. The zero-order valence-corrected chi connectivity index (χ0v) is 15.6. The number of hydrogen-bond acceptors (Lipinski definition) is 3. The van der Waals surface area contributed by atoms with Crippen LogP contribution < -0.4 is 0 Å². The van der Waals surface area contributed by atoms with E-state index in [-0.39, 0.29) is 18.9 Å². The fourth-order valence-corrected chi connectivity index (χ4v) is 4.05. The van der Waals surface area contributed by atoms with Gasteiger partial charge in [0, 0.05) is 24.2 Å². The SMILES string of the molecule is O=C(O)C[C@H]1C[C@](C(=O)O)(c2ccccc2)CCN1Cc1ccc(Cl)cc1. The zero-order valence-electron chi connectivity index (χ0n) is 14.8. The van der Waals surface area contributed by atoms with Crippen LogP contribution >= 0.6 is 11.6 Å². The molecule has 0 bridgehead atoms. The number of carbonyl (C=O) groups is 2. The first-order chi connectivity index (χ1) is 12.9. The zero-order chi connectivity index (χ0) is 19.4. The van der Waals surface area contributed by atoms with Crippen LogP contribution in [-0.4, -0.2) is 39.6 Å². The average molecular weight is 388 g/mol. The van der Waals surface area contributed by atoms with Crippen LogP contribution in [-0.2, 0) is 21.5 Å². The van der Waals surface area contributed by atoms with Crippen molar-refractivity contribution in [3.05, 3.63) is 70.7 Å². The summed E-state index contributed by atoms with van der Waals surface area (Å²) in [5.74, 6) is -1.81. The summed E-state index contributed by atoms with van der Waals surface area (Å²) in [6.07, 6.45) is 0.623. The molecule has 2 N–H and O–H groups in total. The van der Waals surface area contributed by atoms with Gasteiger partial charge in [-0.1, -0.05) is 54.1 Å². The number of halogens is 1. The smallest absolute Gasteiger partial charge is 0.314 e. The highest BCUT2D eigenvalue weighted by Crippen LogP contribution is 2.40. The first-order valence-electron chi connectivity index (χ1n) is 8.90. The van der Waals surface area contributed by atoms with E-state index in [0.29, 0.717) is 24.5 Å². The maximum absolute atomic E-state index is 12.2. The first kappa shape index (κ1) is 19.4. The standard InChI is InChI=1S/C21H22ClNO4/c22-17-8-6-15(7-9-17)14-23-11-10-21(20(26)27,13-18(23)12-19(24)25)16-4-2-1-3-5-16/h1-9,18H,10-14H2,(H,24,25)(H,26,27)/t18-,21-/m0/s1. The molecule has 27 heavy (non-hydrogen) atoms. The van der Waals surface area contributed by atoms with Crippen LogP contribution in [0.2, 0.25) is 5.02 Å². The van der Waals surface area contributed by atoms with E-state index >= 15 is 0 Å². The summed E-state index contributed by atoms with van der Waals surface area (Å²) in [5.41, 5.74) is 0.703. The van der Waals surface area contributed by atoms with Gasteiger partial charge >= 0.3 is 11.9 Å². The van der Waals surface area contributed by atoms with E-state index in [9.17, 15) is 19.8 Å². The molecule has 2 aromatic rings. The van der Waals surface area contributed by atoms with Crippen molar-refractivity contribution in [3.63, 3.8) is 0 Å². The third-order valence-electron chi connectivity index (χ3n) is 5.37. The summed E-state index contributed by atoms with van der Waals surface area (Å²) in [5, 5.41) is 20.0. The van der Waals surface area contributed by atoms with Crippen LogP contribution in [0.5, 0.6) is 0 Å². The third-order valence-corrected chi connectivity index (χ3v) is 5.62. The number of carboxylic acid groups (broad SMARTS) is 2. The molecular formula is C21H22ClNO4. The maximum atomic E-state index is 12.2. The van der Waals surface area contributed by atoms with Crippen LogP contribution in [0.25, 0.3) is 0 Å². The second-order valence-electron chi connectivity index (χ2n) is 7.06. The van der Waals surface area contributed by atoms with E-state index in [1.54, 1.807) is 12.1 Å². The van der Waals surface area contributed by atoms with Crippen molar-refractivity contribution >= 4 is 23.5 Å². The number of benzene rings is 2. The molecule has 2 atom stereocenters. The number of carboxylic acids is 2. The van der Waals surface area contributed by atoms with E-state index in [1.165, 1.54) is 0 Å². The average Bonchev–Trinajstić information content (AvgIpc) is 2.65. The molecule has 0 radical (unpaired) electrons. The van der Waals surface area contributed by atoms with E-state index in [4.69, 9.17) is 11.6 Å². The van der Waals surface area contributed by atoms with Crippen molar-refractivity contribution in [2.24, 2.45) is 0 Å². The predicted molar refractivity (Wildman–Crippen MR) is 103 cm³/mol. The Labute approximate surface area is 163 Å². The molecule has 6 heteroatoms. The van der Waals surface area contributed by atoms with E-state index in [1.807, 2.05) is 42.5 Å². The lowest BCUT2D eigenvalue weighted by molar-refractivity contribution is -0.149. The summed E-state index contributed by atoms with van der Waals surface area (Å²) in [6, 6.07) is 16.2. The lowest BCUT2D eigenvalue weighted by atomic mass is 9.69. The third kappa shape index (κ3) is 4.31. The minimum absolute atomic E-state index is 0.0878. The summed E-state index contributed by atoms with van der Waals surface area (Å²) < 4.78 is 0. The number of aliphatic carboxylic acids is 2. The van der Waals surface area contributed by atoms with Crippen molar-refractivity contribution in [3.8, 4) is 0 Å². The molecule has 1 aliphatic heterocycles. The Balaban J connectivity index is 1.88. The van der Waals surface area contributed by atoms with Crippen molar-refractivity contribution in [2.75, 3.05) is 6.54 Å². The molecular weight excluding hydrogens is 366 g/mol. The molecule has 0 saturated carbocycles. The summed E-state index contributed by atoms with van der Waals surface area (Å²) >= 11 is 5.94. The molecule has 5 nitrogen and oxygen atoms in total. The van der Waals surface area contributed by atoms with Gasteiger partial charge in [0.15, 0.2) is 0 Å². The largest absolute Gasteiger partial charge is 0.481 e. The van der Waals surface area contributed by atoms with Gasteiger partial charge in [0.1, 0.15) is 0 Å². The van der Waals surface area contributed by atoms with Gasteiger partial charge in [0.2, 0.25) is 0 Å². The van der Waals surface area contributed by atoms with Crippen molar-refractivity contribution < 1.29 is 19.8 Å². The van der Waals surface area contributed by atoms with Gasteiger partial charge in [0.25, 0.3) is 0 Å². The van der Waals surface area contributed by atoms with Crippen molar-refractivity contribution in [1.82, 2.24) is 4.90 Å². The van der Waals surface area contributed by atoms with Crippen LogP contribution in [0.15, 0.2) is 54.6 Å². The summed E-state index contributed by atoms with van der Waals surface area (Å²) in [6.45, 7) is 1.08. The molecule has 1 fully saturated rings. The Hall–Kier alpha value is -2.37. The quantitative estimate of drug-likeness (QED) is 0.788. The number of rotatable bonds is 6. The molecule has 0 aromatic heterocycles. The highest BCUT2D eigenvalue weighted by Gasteiger charge is 2.47. The number of piperidine rings is 1. The molecule has 0 spiro atoms. The van der Waals surface area contributed by atoms with Gasteiger partial charge in [-0.15, -0.1) is 0 Å². The molecule has 0 amide bonds. The maximum Gasteiger partial charge on any atom is 0.314 e. The molecule has 0 unspecified atom stereocenters. The predicted octanol–water partition coefficient (Wildman–Crippen LogP) is 3.80. The Morgan fingerprint density at radius 2 is 1.74 bits per heavy atom. The van der Waals surface area contributed by atoms with E-state index < -0.39 is 17.4 Å². The summed E-state index contributed by atoms with van der Waals surface area (Å²) in [4.78, 5) is 25.7. The highest BCUT2D eigenvalue weighted by molar-refractivity contribution is 6.30. The van der Waals surface area contributed by atoms with Gasteiger partial charge in [0.05, 0.1) is 11.8 Å². The van der Waals surface area contributed by atoms with Gasteiger partial charge in [-0.05, 0) is 36.1 Å². The first-order valence-corrected chi connectivity index (χ1v) is 9.28. The fraction of sp³-hybridized carbons (Fsp3) is 0.333. The van der Waals surface area contributed by atoms with Crippen molar-refractivity contribution in [1.29, 1.82) is 0 Å². The molecule has 142 valence electrons. The van der Waals surface area contributed by atoms with Crippen LogP contribution in [0.4, 0.5) is 0 Å². The topological polar surface area (TPSA) is 77.8 Å². The molecule has 1 aliphatic rings.